The Labute approximate surface area is 74.3 Å². The van der Waals surface area contributed by atoms with E-state index >= 15 is 0 Å². The molecule has 2 fully saturated rings. The summed E-state index contributed by atoms with van der Waals surface area (Å²) in [5.74, 6) is -1.55. The van der Waals surface area contributed by atoms with Crippen LogP contribution >= 0.6 is 0 Å². The van der Waals surface area contributed by atoms with Crippen molar-refractivity contribution in [2.45, 2.75) is 30.2 Å². The monoisotopic (exact) mass is 192 g/mol. The number of aliphatic hydroxyl groups is 4. The van der Waals surface area contributed by atoms with Gasteiger partial charge in [0.2, 0.25) is 5.79 Å². The first-order valence-electron chi connectivity index (χ1n) is 4.07. The molecule has 2 bridgehead atoms. The molecule has 13 heavy (non-hydrogen) atoms. The summed E-state index contributed by atoms with van der Waals surface area (Å²) in [4.78, 5) is 0. The second-order valence-corrected chi connectivity index (χ2v) is 3.36. The molecule has 0 radical (unpaired) electrons. The average molecular weight is 192 g/mol. The van der Waals surface area contributed by atoms with Crippen LogP contribution in [-0.2, 0) is 9.47 Å². The first-order valence-corrected chi connectivity index (χ1v) is 4.07. The summed E-state index contributed by atoms with van der Waals surface area (Å²) >= 11 is 0. The molecule has 4 N–H and O–H groups in total. The molecular weight excluding hydrogens is 180 g/mol. The van der Waals surface area contributed by atoms with E-state index < -0.39 is 36.8 Å². The van der Waals surface area contributed by atoms with Crippen molar-refractivity contribution in [3.63, 3.8) is 0 Å². The van der Waals surface area contributed by atoms with E-state index in [0.717, 1.165) is 0 Å². The minimum Gasteiger partial charge on any atom is -0.391 e. The fourth-order valence-electron chi connectivity index (χ4n) is 1.71. The van der Waals surface area contributed by atoms with E-state index in [1.807, 2.05) is 0 Å². The van der Waals surface area contributed by atoms with Crippen molar-refractivity contribution in [3.8, 4) is 0 Å². The Hall–Kier alpha value is -0.240. The zero-order valence-electron chi connectivity index (χ0n) is 6.83. The molecule has 0 aromatic carbocycles. The third kappa shape index (κ3) is 1.11. The van der Waals surface area contributed by atoms with Gasteiger partial charge in [0.25, 0.3) is 0 Å². The molecule has 2 heterocycles. The summed E-state index contributed by atoms with van der Waals surface area (Å²) in [6, 6.07) is 0. The number of aliphatic hydroxyl groups excluding tert-OH is 4. The summed E-state index contributed by atoms with van der Waals surface area (Å²) in [7, 11) is 0. The van der Waals surface area contributed by atoms with Crippen molar-refractivity contribution in [1.29, 1.82) is 0 Å². The van der Waals surface area contributed by atoms with Gasteiger partial charge in [-0.2, -0.15) is 0 Å². The minimum atomic E-state index is -1.55. The van der Waals surface area contributed by atoms with E-state index in [9.17, 15) is 15.3 Å². The maximum absolute atomic E-state index is 9.47. The van der Waals surface area contributed by atoms with E-state index in [1.54, 1.807) is 0 Å². The van der Waals surface area contributed by atoms with Gasteiger partial charge in [-0.3, -0.25) is 0 Å². The van der Waals surface area contributed by atoms with Crippen LogP contribution in [0.3, 0.4) is 0 Å². The van der Waals surface area contributed by atoms with Crippen LogP contribution in [0.5, 0.6) is 0 Å². The Bertz CT molecular complexity index is 209. The second-order valence-electron chi connectivity index (χ2n) is 3.36. The quantitative estimate of drug-likeness (QED) is 0.358. The van der Waals surface area contributed by atoms with E-state index in [-0.39, 0.29) is 6.61 Å². The first kappa shape index (κ1) is 9.32. The second kappa shape index (κ2) is 2.88. The van der Waals surface area contributed by atoms with E-state index in [2.05, 4.69) is 0 Å². The number of fused-ring (bicyclic) bond motifs is 2. The van der Waals surface area contributed by atoms with Crippen molar-refractivity contribution in [3.05, 3.63) is 0 Å². The number of ether oxygens (including phenoxy) is 2. The van der Waals surface area contributed by atoms with E-state index in [0.29, 0.717) is 0 Å². The minimum absolute atomic E-state index is 0.0653. The lowest BCUT2D eigenvalue weighted by molar-refractivity contribution is -0.305. The van der Waals surface area contributed by atoms with Gasteiger partial charge >= 0.3 is 0 Å². The maximum Gasteiger partial charge on any atom is 0.221 e. The standard InChI is InChI=1S/C7H12O6/c8-2-7-6(11)5(10)4(9)3(13-7)1-12-7/h3-6,8-11H,1-2H2/t3?,4?,5?,6?,7-/m1/s1. The Kier molecular flexibility index (Phi) is 2.06. The molecule has 76 valence electrons. The summed E-state index contributed by atoms with van der Waals surface area (Å²) in [6.07, 6.45) is -4.61. The van der Waals surface area contributed by atoms with Gasteiger partial charge in [0.1, 0.15) is 31.0 Å². The third-order valence-corrected chi connectivity index (χ3v) is 2.57. The highest BCUT2D eigenvalue weighted by Gasteiger charge is 2.58. The van der Waals surface area contributed by atoms with Crippen LogP contribution in [0.25, 0.3) is 0 Å². The third-order valence-electron chi connectivity index (χ3n) is 2.57. The lowest BCUT2D eigenvalue weighted by Crippen LogP contribution is -2.62. The summed E-state index contributed by atoms with van der Waals surface area (Å²) < 4.78 is 10.1. The molecule has 4 unspecified atom stereocenters. The summed E-state index contributed by atoms with van der Waals surface area (Å²) in [5, 5.41) is 37.1. The Morgan fingerprint density at radius 3 is 2.54 bits per heavy atom. The van der Waals surface area contributed by atoms with Crippen molar-refractivity contribution in [2.75, 3.05) is 13.2 Å². The van der Waals surface area contributed by atoms with Crippen molar-refractivity contribution >= 4 is 0 Å². The molecule has 5 atom stereocenters. The smallest absolute Gasteiger partial charge is 0.221 e. The van der Waals surface area contributed by atoms with Gasteiger partial charge in [-0.25, -0.2) is 0 Å². The number of hydrogen-bond acceptors (Lipinski definition) is 6. The largest absolute Gasteiger partial charge is 0.391 e. The van der Waals surface area contributed by atoms with Gasteiger partial charge in [0.15, 0.2) is 0 Å². The molecule has 2 aliphatic rings. The fourth-order valence-corrected chi connectivity index (χ4v) is 1.71. The molecule has 6 nitrogen and oxygen atoms in total. The molecule has 6 heteroatoms. The highest BCUT2D eigenvalue weighted by atomic mass is 16.8. The zero-order valence-corrected chi connectivity index (χ0v) is 6.83. The molecular formula is C7H12O6. The van der Waals surface area contributed by atoms with Gasteiger partial charge in [-0.15, -0.1) is 0 Å². The predicted octanol–water partition coefficient (Wildman–Crippen LogP) is -2.81. The molecule has 0 aliphatic carbocycles. The van der Waals surface area contributed by atoms with Crippen LogP contribution in [0.4, 0.5) is 0 Å². The average Bonchev–Trinajstić information content (AvgIpc) is 2.55. The SMILES string of the molecule is OC[C@@]12OCC(O1)C(O)C(O)C2O. The predicted molar refractivity (Wildman–Crippen MR) is 38.7 cm³/mol. The maximum atomic E-state index is 9.47. The highest BCUT2D eigenvalue weighted by Crippen LogP contribution is 2.36. The normalized spacial score (nSPS) is 55.4. The van der Waals surface area contributed by atoms with E-state index in [1.165, 1.54) is 0 Å². The molecule has 0 aromatic rings. The zero-order chi connectivity index (χ0) is 9.64. The Morgan fingerprint density at radius 1 is 1.23 bits per heavy atom. The highest BCUT2D eigenvalue weighted by molar-refractivity contribution is 5.00. The van der Waals surface area contributed by atoms with Crippen LogP contribution in [0.1, 0.15) is 0 Å². The first-order chi connectivity index (χ1) is 6.10. The van der Waals surface area contributed by atoms with Gasteiger partial charge in [-0.05, 0) is 0 Å². The van der Waals surface area contributed by atoms with Crippen LogP contribution in [0, 0.1) is 0 Å². The summed E-state index contributed by atoms with van der Waals surface area (Å²) in [5.41, 5.74) is 0. The van der Waals surface area contributed by atoms with Gasteiger partial charge in [0.05, 0.1) is 6.61 Å². The molecule has 0 aromatic heterocycles. The van der Waals surface area contributed by atoms with Crippen molar-refractivity contribution < 1.29 is 29.9 Å². The van der Waals surface area contributed by atoms with Gasteiger partial charge in [0, 0.05) is 0 Å². The van der Waals surface area contributed by atoms with E-state index in [4.69, 9.17) is 14.6 Å². The van der Waals surface area contributed by atoms with Crippen LogP contribution < -0.4 is 0 Å². The number of rotatable bonds is 1. The van der Waals surface area contributed by atoms with Crippen LogP contribution in [-0.4, -0.2) is 63.8 Å². The molecule has 0 amide bonds. The summed E-state index contributed by atoms with van der Waals surface area (Å²) in [6.45, 7) is -0.482. The van der Waals surface area contributed by atoms with Gasteiger partial charge < -0.3 is 29.9 Å². The van der Waals surface area contributed by atoms with Gasteiger partial charge in [-0.1, -0.05) is 0 Å². The Balaban J connectivity index is 2.25. The molecule has 2 saturated heterocycles. The number of hydrogen-bond donors (Lipinski definition) is 4. The molecule has 0 spiro atoms. The van der Waals surface area contributed by atoms with Crippen LogP contribution in [0.2, 0.25) is 0 Å². The topological polar surface area (TPSA) is 99.4 Å². The van der Waals surface area contributed by atoms with Crippen LogP contribution in [0.15, 0.2) is 0 Å². The fraction of sp³-hybridized carbons (Fsp3) is 1.00. The lowest BCUT2D eigenvalue weighted by atomic mass is 9.95. The molecule has 2 rings (SSSR count). The molecule has 0 saturated carbocycles. The molecule has 2 aliphatic heterocycles. The van der Waals surface area contributed by atoms with Crippen molar-refractivity contribution in [2.24, 2.45) is 0 Å². The Morgan fingerprint density at radius 2 is 1.92 bits per heavy atom. The van der Waals surface area contributed by atoms with Crippen molar-refractivity contribution in [1.82, 2.24) is 0 Å². The lowest BCUT2D eigenvalue weighted by Gasteiger charge is -2.39.